The molecule has 0 fully saturated rings. The predicted octanol–water partition coefficient (Wildman–Crippen LogP) is -0.234. The van der Waals surface area contributed by atoms with Crippen LogP contribution in [0.5, 0.6) is 0 Å². The lowest BCUT2D eigenvalue weighted by Gasteiger charge is -2.10. The van der Waals surface area contributed by atoms with E-state index in [-0.39, 0.29) is 11.6 Å². The summed E-state index contributed by atoms with van der Waals surface area (Å²) in [6.07, 6.45) is -0.207. The van der Waals surface area contributed by atoms with Crippen LogP contribution in [0, 0.1) is 0 Å². The Morgan fingerprint density at radius 3 is 2.78 bits per heavy atom. The van der Waals surface area contributed by atoms with Gasteiger partial charge in [0.15, 0.2) is 5.13 Å². The highest BCUT2D eigenvalue weighted by molar-refractivity contribution is 7.13. The molecule has 0 aromatic carbocycles. The number of aromatic nitrogens is 1. The Hall–Kier alpha value is -2.16. The Balaban J connectivity index is 2.56. The lowest BCUT2D eigenvalue weighted by Crippen LogP contribution is -2.44. The van der Waals surface area contributed by atoms with Crippen LogP contribution in [0.1, 0.15) is 12.6 Å². The van der Waals surface area contributed by atoms with E-state index < -0.39 is 23.9 Å². The Labute approximate surface area is 106 Å². The number of nitrogens with zero attached hydrogens (tertiary/aromatic N) is 1. The summed E-state index contributed by atoms with van der Waals surface area (Å²) >= 11 is 1.11. The van der Waals surface area contributed by atoms with Gasteiger partial charge in [-0.2, -0.15) is 0 Å². The molecule has 0 radical (unpaired) electrons. The Kier molecular flexibility index (Phi) is 4.60. The third-order valence-electron chi connectivity index (χ3n) is 1.87. The smallest absolute Gasteiger partial charge is 0.312 e. The van der Waals surface area contributed by atoms with Crippen LogP contribution < -0.4 is 16.4 Å². The van der Waals surface area contributed by atoms with Gasteiger partial charge >= 0.3 is 12.0 Å². The normalized spacial score (nSPS) is 11.6. The zero-order valence-electron chi connectivity index (χ0n) is 9.47. The van der Waals surface area contributed by atoms with Crippen LogP contribution in [0.4, 0.5) is 9.93 Å². The first-order chi connectivity index (χ1) is 8.38. The van der Waals surface area contributed by atoms with E-state index >= 15 is 0 Å². The molecule has 0 aliphatic heterocycles. The second-order valence-electron chi connectivity index (χ2n) is 3.43. The fourth-order valence-electron chi connectivity index (χ4n) is 1.09. The van der Waals surface area contributed by atoms with Crippen LogP contribution in [-0.4, -0.2) is 34.0 Å². The largest absolute Gasteiger partial charge is 0.481 e. The van der Waals surface area contributed by atoms with Crippen molar-refractivity contribution < 1.29 is 19.5 Å². The summed E-state index contributed by atoms with van der Waals surface area (Å²) in [6, 6.07) is -1.60. The SMILES string of the molecule is CC(NC(N)=O)C(=O)Nc1nc(CC(=O)O)cs1. The van der Waals surface area contributed by atoms with Gasteiger partial charge in [0.2, 0.25) is 5.91 Å². The molecule has 0 spiro atoms. The molecule has 5 N–H and O–H groups in total. The Morgan fingerprint density at radius 2 is 2.22 bits per heavy atom. The number of hydrogen-bond donors (Lipinski definition) is 4. The molecule has 9 heteroatoms. The van der Waals surface area contributed by atoms with Crippen molar-refractivity contribution in [3.63, 3.8) is 0 Å². The standard InChI is InChI=1S/C9H12N4O4S/c1-4(11-8(10)17)7(16)13-9-12-5(3-18-9)2-6(14)15/h3-4H,2H2,1H3,(H,14,15)(H3,10,11,17)(H,12,13,16). The number of primary amides is 1. The number of aliphatic carboxylic acids is 1. The lowest BCUT2D eigenvalue weighted by molar-refractivity contribution is -0.136. The van der Waals surface area contributed by atoms with Gasteiger partial charge in [0.25, 0.3) is 0 Å². The molecule has 1 aromatic rings. The van der Waals surface area contributed by atoms with E-state index in [1.807, 2.05) is 0 Å². The molecule has 18 heavy (non-hydrogen) atoms. The van der Waals surface area contributed by atoms with E-state index in [1.165, 1.54) is 12.3 Å². The quantitative estimate of drug-likeness (QED) is 0.587. The number of carboxylic acid groups (broad SMARTS) is 1. The van der Waals surface area contributed by atoms with E-state index in [2.05, 4.69) is 15.6 Å². The minimum Gasteiger partial charge on any atom is -0.481 e. The average Bonchev–Trinajstić information content (AvgIpc) is 2.63. The topological polar surface area (TPSA) is 134 Å². The summed E-state index contributed by atoms with van der Waals surface area (Å²) in [6.45, 7) is 1.46. The third-order valence-corrected chi connectivity index (χ3v) is 2.67. The number of rotatable bonds is 5. The summed E-state index contributed by atoms with van der Waals surface area (Å²) in [4.78, 5) is 36.5. The molecule has 1 unspecified atom stereocenters. The van der Waals surface area contributed by atoms with E-state index in [0.717, 1.165) is 11.3 Å². The van der Waals surface area contributed by atoms with Crippen LogP contribution in [0.15, 0.2) is 5.38 Å². The molecular formula is C9H12N4O4S. The minimum atomic E-state index is -0.998. The first-order valence-electron chi connectivity index (χ1n) is 4.91. The fourth-order valence-corrected chi connectivity index (χ4v) is 1.81. The molecule has 98 valence electrons. The lowest BCUT2D eigenvalue weighted by atomic mass is 10.3. The van der Waals surface area contributed by atoms with Gasteiger partial charge in [-0.1, -0.05) is 0 Å². The highest BCUT2D eigenvalue weighted by atomic mass is 32.1. The van der Waals surface area contributed by atoms with Crippen molar-refractivity contribution in [2.45, 2.75) is 19.4 Å². The van der Waals surface area contributed by atoms with Gasteiger partial charge in [0, 0.05) is 5.38 Å². The first kappa shape index (κ1) is 13.9. The van der Waals surface area contributed by atoms with Crippen molar-refractivity contribution in [1.29, 1.82) is 0 Å². The summed E-state index contributed by atoms with van der Waals surface area (Å²) in [5, 5.41) is 15.0. The van der Waals surface area contributed by atoms with Crippen LogP contribution in [-0.2, 0) is 16.0 Å². The summed E-state index contributed by atoms with van der Waals surface area (Å²) < 4.78 is 0. The van der Waals surface area contributed by atoms with Crippen molar-refractivity contribution in [2.75, 3.05) is 5.32 Å². The minimum absolute atomic E-state index is 0.207. The third kappa shape index (κ3) is 4.37. The number of nitrogens with two attached hydrogens (primary N) is 1. The maximum atomic E-state index is 11.5. The Bertz CT molecular complexity index is 473. The molecule has 0 aliphatic rings. The van der Waals surface area contributed by atoms with Crippen molar-refractivity contribution in [3.8, 4) is 0 Å². The van der Waals surface area contributed by atoms with E-state index in [9.17, 15) is 14.4 Å². The Morgan fingerprint density at radius 1 is 1.56 bits per heavy atom. The van der Waals surface area contributed by atoms with Gasteiger partial charge in [-0.3, -0.25) is 9.59 Å². The number of anilines is 1. The molecule has 8 nitrogen and oxygen atoms in total. The molecular weight excluding hydrogens is 260 g/mol. The zero-order chi connectivity index (χ0) is 13.7. The summed E-state index contributed by atoms with van der Waals surface area (Å²) in [5.41, 5.74) is 5.23. The molecule has 0 aliphatic carbocycles. The van der Waals surface area contributed by atoms with Crippen LogP contribution in [0.2, 0.25) is 0 Å². The number of carbonyl (C=O) groups is 3. The molecule has 3 amide bonds. The number of nitrogens with one attached hydrogen (secondary N) is 2. The van der Waals surface area contributed by atoms with Crippen LogP contribution in [0.3, 0.4) is 0 Å². The molecule has 0 bridgehead atoms. The number of amides is 3. The van der Waals surface area contributed by atoms with Gasteiger partial charge < -0.3 is 21.5 Å². The summed E-state index contributed by atoms with van der Waals surface area (Å²) in [7, 11) is 0. The molecule has 1 atom stereocenters. The molecule has 0 saturated carbocycles. The number of carboxylic acids is 1. The van der Waals surface area contributed by atoms with E-state index in [4.69, 9.17) is 10.8 Å². The summed E-state index contributed by atoms with van der Waals surface area (Å²) in [5.74, 6) is -1.48. The number of carbonyl (C=O) groups excluding carboxylic acids is 2. The van der Waals surface area contributed by atoms with Crippen molar-refractivity contribution in [2.24, 2.45) is 5.73 Å². The molecule has 0 saturated heterocycles. The second-order valence-corrected chi connectivity index (χ2v) is 4.29. The molecule has 1 rings (SSSR count). The monoisotopic (exact) mass is 272 g/mol. The molecule has 1 aromatic heterocycles. The van der Waals surface area contributed by atoms with E-state index in [1.54, 1.807) is 0 Å². The van der Waals surface area contributed by atoms with Gasteiger partial charge in [0.1, 0.15) is 6.04 Å². The van der Waals surface area contributed by atoms with Crippen molar-refractivity contribution in [1.82, 2.24) is 10.3 Å². The van der Waals surface area contributed by atoms with Crippen LogP contribution >= 0.6 is 11.3 Å². The van der Waals surface area contributed by atoms with E-state index in [0.29, 0.717) is 5.69 Å². The first-order valence-corrected chi connectivity index (χ1v) is 5.79. The van der Waals surface area contributed by atoms with Crippen molar-refractivity contribution in [3.05, 3.63) is 11.1 Å². The maximum absolute atomic E-state index is 11.5. The highest BCUT2D eigenvalue weighted by Gasteiger charge is 2.16. The number of hydrogen-bond acceptors (Lipinski definition) is 5. The number of thiazole rings is 1. The zero-order valence-corrected chi connectivity index (χ0v) is 10.3. The van der Waals surface area contributed by atoms with Crippen molar-refractivity contribution >= 4 is 34.4 Å². The van der Waals surface area contributed by atoms with Gasteiger partial charge in [-0.15, -0.1) is 11.3 Å². The van der Waals surface area contributed by atoms with Gasteiger partial charge in [0.05, 0.1) is 12.1 Å². The van der Waals surface area contributed by atoms with Gasteiger partial charge in [-0.25, -0.2) is 9.78 Å². The highest BCUT2D eigenvalue weighted by Crippen LogP contribution is 2.15. The molecule has 1 heterocycles. The fraction of sp³-hybridized carbons (Fsp3) is 0.333. The number of urea groups is 1. The van der Waals surface area contributed by atoms with Crippen LogP contribution in [0.25, 0.3) is 0 Å². The maximum Gasteiger partial charge on any atom is 0.312 e. The predicted molar refractivity (Wildman–Crippen MR) is 64.3 cm³/mol. The second kappa shape index (κ2) is 5.96. The average molecular weight is 272 g/mol. The van der Waals surface area contributed by atoms with Gasteiger partial charge in [-0.05, 0) is 6.92 Å².